The molecule has 0 radical (unpaired) electrons. The smallest absolute Gasteiger partial charge is 0.252 e. The van der Waals surface area contributed by atoms with Gasteiger partial charge in [-0.3, -0.25) is 4.79 Å². The molecule has 3 N–H and O–H groups in total. The number of amides is 1. The number of para-hydroxylation sites is 3. The second-order valence-corrected chi connectivity index (χ2v) is 8.42. The van der Waals surface area contributed by atoms with Crippen LogP contribution in [0.1, 0.15) is 42.5 Å². The first-order valence-corrected chi connectivity index (χ1v) is 11.7. The first kappa shape index (κ1) is 22.1. The van der Waals surface area contributed by atoms with E-state index in [1.54, 1.807) is 12.0 Å². The molecule has 1 saturated heterocycles. The molecule has 0 aliphatic carbocycles. The maximum absolute atomic E-state index is 13.1. The Morgan fingerprint density at radius 2 is 1.78 bits per heavy atom. The molecule has 6 nitrogen and oxygen atoms in total. The summed E-state index contributed by atoms with van der Waals surface area (Å²) in [4.78, 5) is 19.5. The molecule has 4 rings (SSSR count). The van der Waals surface area contributed by atoms with Gasteiger partial charge in [-0.25, -0.2) is 4.98 Å². The molecule has 0 atom stereocenters. The van der Waals surface area contributed by atoms with Crippen LogP contribution in [-0.4, -0.2) is 44.2 Å². The average molecular weight is 434 g/mol. The third-order valence-electron chi connectivity index (χ3n) is 6.13. The Kier molecular flexibility index (Phi) is 7.56. The zero-order chi connectivity index (χ0) is 22.2. The number of aromatic nitrogens is 1. The van der Waals surface area contributed by atoms with Crippen molar-refractivity contribution in [2.45, 2.75) is 32.1 Å². The van der Waals surface area contributed by atoms with E-state index < -0.39 is 0 Å². The number of hydrogen-bond donors (Lipinski definition) is 3. The minimum atomic E-state index is -0.0578. The minimum Gasteiger partial charge on any atom is -0.495 e. The minimum absolute atomic E-state index is 0.0578. The van der Waals surface area contributed by atoms with Crippen LogP contribution in [0.5, 0.6) is 5.75 Å². The van der Waals surface area contributed by atoms with Gasteiger partial charge in [0.25, 0.3) is 5.91 Å². The van der Waals surface area contributed by atoms with Crippen LogP contribution in [0.3, 0.4) is 0 Å². The van der Waals surface area contributed by atoms with Gasteiger partial charge in [0, 0.05) is 18.4 Å². The second kappa shape index (κ2) is 11.0. The number of benzene rings is 2. The van der Waals surface area contributed by atoms with Crippen molar-refractivity contribution in [3.8, 4) is 5.75 Å². The summed E-state index contributed by atoms with van der Waals surface area (Å²) < 4.78 is 5.43. The third kappa shape index (κ3) is 5.56. The summed E-state index contributed by atoms with van der Waals surface area (Å²) in [5, 5.41) is 7.29. The Labute approximate surface area is 190 Å². The number of nitrogens with zero attached hydrogens (tertiary/aromatic N) is 1. The number of pyridine rings is 1. The number of likely N-dealkylation sites (tertiary alicyclic amines) is 1. The molecular formula is C26H33N4O2+. The fraction of sp³-hybridized carbons (Fsp3) is 0.385. The van der Waals surface area contributed by atoms with Crippen molar-refractivity contribution in [3.63, 3.8) is 0 Å². The number of quaternary nitrogens is 1. The van der Waals surface area contributed by atoms with Gasteiger partial charge < -0.3 is 20.3 Å². The third-order valence-corrected chi connectivity index (χ3v) is 6.13. The van der Waals surface area contributed by atoms with Crippen molar-refractivity contribution in [2.75, 3.05) is 38.6 Å². The van der Waals surface area contributed by atoms with Crippen LogP contribution in [0.15, 0.2) is 54.6 Å². The Morgan fingerprint density at radius 3 is 2.59 bits per heavy atom. The van der Waals surface area contributed by atoms with E-state index in [0.29, 0.717) is 17.9 Å². The van der Waals surface area contributed by atoms with Crippen LogP contribution in [0.25, 0.3) is 10.9 Å². The maximum atomic E-state index is 13.1. The molecule has 0 saturated carbocycles. The van der Waals surface area contributed by atoms with Crippen molar-refractivity contribution in [1.29, 1.82) is 0 Å². The molecule has 2 heterocycles. The van der Waals surface area contributed by atoms with Gasteiger partial charge in [-0.2, -0.15) is 0 Å². The summed E-state index contributed by atoms with van der Waals surface area (Å²) in [6.07, 6.45) is 6.37. The lowest BCUT2D eigenvalue weighted by molar-refractivity contribution is -0.899. The highest BCUT2D eigenvalue weighted by molar-refractivity contribution is 6.07. The zero-order valence-electron chi connectivity index (χ0n) is 18.8. The average Bonchev–Trinajstić information content (AvgIpc) is 3.10. The number of rotatable bonds is 8. The van der Waals surface area contributed by atoms with Crippen molar-refractivity contribution < 1.29 is 14.4 Å². The van der Waals surface area contributed by atoms with Crippen LogP contribution < -0.4 is 20.3 Å². The molecule has 32 heavy (non-hydrogen) atoms. The molecule has 1 aliphatic rings. The van der Waals surface area contributed by atoms with Gasteiger partial charge in [0.2, 0.25) is 0 Å². The topological polar surface area (TPSA) is 67.7 Å². The van der Waals surface area contributed by atoms with Gasteiger partial charge >= 0.3 is 0 Å². The standard InChI is InChI=1S/C26H32N4O2/c1-32-24-14-7-6-13-23(24)29-25-19-21(20-11-4-5-12-22(20)28-25)26(31)27-15-10-18-30-16-8-2-3-9-17-30/h4-7,11-14,19H,2-3,8-10,15-18H2,1H3,(H,27,31)(H,28,29)/p+1. The van der Waals surface area contributed by atoms with E-state index in [1.165, 1.54) is 38.8 Å². The van der Waals surface area contributed by atoms with Gasteiger partial charge in [-0.1, -0.05) is 30.3 Å². The molecule has 2 aromatic carbocycles. The SMILES string of the molecule is COc1ccccc1Nc1cc(C(=O)NCCC[NH+]2CCCCCC2)c2ccccc2n1. The van der Waals surface area contributed by atoms with Crippen molar-refractivity contribution in [3.05, 3.63) is 60.2 Å². The summed E-state index contributed by atoms with van der Waals surface area (Å²) in [6, 6.07) is 17.3. The molecule has 3 aromatic rings. The van der Waals surface area contributed by atoms with E-state index in [9.17, 15) is 4.79 Å². The van der Waals surface area contributed by atoms with Gasteiger partial charge in [0.15, 0.2) is 0 Å². The maximum Gasteiger partial charge on any atom is 0.252 e. The van der Waals surface area contributed by atoms with Crippen LogP contribution in [0.2, 0.25) is 0 Å². The molecule has 1 amide bonds. The Hall–Kier alpha value is -3.12. The molecule has 0 bridgehead atoms. The van der Waals surface area contributed by atoms with E-state index in [4.69, 9.17) is 9.72 Å². The summed E-state index contributed by atoms with van der Waals surface area (Å²) in [6.45, 7) is 4.34. The number of fused-ring (bicyclic) bond motifs is 1. The van der Waals surface area contributed by atoms with E-state index in [-0.39, 0.29) is 5.91 Å². The molecule has 1 fully saturated rings. The van der Waals surface area contributed by atoms with E-state index in [1.807, 2.05) is 54.6 Å². The molecule has 0 spiro atoms. The molecule has 1 aliphatic heterocycles. The molecular weight excluding hydrogens is 400 g/mol. The number of nitrogens with one attached hydrogen (secondary N) is 3. The summed E-state index contributed by atoms with van der Waals surface area (Å²) in [5.41, 5.74) is 2.23. The van der Waals surface area contributed by atoms with Crippen molar-refractivity contribution >= 4 is 28.3 Å². The van der Waals surface area contributed by atoms with Crippen molar-refractivity contribution in [2.24, 2.45) is 0 Å². The Morgan fingerprint density at radius 1 is 1.03 bits per heavy atom. The fourth-order valence-electron chi connectivity index (χ4n) is 4.43. The first-order chi connectivity index (χ1) is 15.7. The van der Waals surface area contributed by atoms with Gasteiger partial charge in [-0.15, -0.1) is 0 Å². The summed E-state index contributed by atoms with van der Waals surface area (Å²) >= 11 is 0. The van der Waals surface area contributed by atoms with Crippen LogP contribution in [0, 0.1) is 0 Å². The highest BCUT2D eigenvalue weighted by Gasteiger charge is 2.15. The number of ether oxygens (including phenoxy) is 1. The normalized spacial score (nSPS) is 14.7. The number of methoxy groups -OCH3 is 1. The monoisotopic (exact) mass is 433 g/mol. The lowest BCUT2D eigenvalue weighted by Crippen LogP contribution is -3.11. The largest absolute Gasteiger partial charge is 0.495 e. The summed E-state index contributed by atoms with van der Waals surface area (Å²) in [5.74, 6) is 1.29. The number of hydrogen-bond acceptors (Lipinski definition) is 4. The zero-order valence-corrected chi connectivity index (χ0v) is 18.8. The molecule has 168 valence electrons. The number of carbonyl (C=O) groups is 1. The van der Waals surface area contributed by atoms with Gasteiger partial charge in [0.1, 0.15) is 11.6 Å². The van der Waals surface area contributed by atoms with Gasteiger partial charge in [0.05, 0.1) is 43.5 Å². The molecule has 0 unspecified atom stereocenters. The van der Waals surface area contributed by atoms with Crippen molar-refractivity contribution in [1.82, 2.24) is 10.3 Å². The lowest BCUT2D eigenvalue weighted by Gasteiger charge is -2.17. The number of carbonyl (C=O) groups excluding carboxylic acids is 1. The summed E-state index contributed by atoms with van der Waals surface area (Å²) in [7, 11) is 1.64. The van der Waals surface area contributed by atoms with E-state index in [0.717, 1.165) is 35.3 Å². The van der Waals surface area contributed by atoms with E-state index >= 15 is 0 Å². The lowest BCUT2D eigenvalue weighted by atomic mass is 10.1. The van der Waals surface area contributed by atoms with Crippen LogP contribution >= 0.6 is 0 Å². The quantitative estimate of drug-likeness (QED) is 0.475. The molecule has 1 aromatic heterocycles. The highest BCUT2D eigenvalue weighted by atomic mass is 16.5. The van der Waals surface area contributed by atoms with Gasteiger partial charge in [-0.05, 0) is 49.9 Å². The van der Waals surface area contributed by atoms with E-state index in [2.05, 4.69) is 10.6 Å². The highest BCUT2D eigenvalue weighted by Crippen LogP contribution is 2.28. The fourth-order valence-corrected chi connectivity index (χ4v) is 4.43. The predicted octanol–water partition coefficient (Wildman–Crippen LogP) is 3.57. The Balaban J connectivity index is 1.46. The van der Waals surface area contributed by atoms with Crippen LogP contribution in [0.4, 0.5) is 11.5 Å². The number of anilines is 2. The molecule has 6 heteroatoms. The Bertz CT molecular complexity index is 1040. The predicted molar refractivity (Wildman–Crippen MR) is 129 cm³/mol. The first-order valence-electron chi connectivity index (χ1n) is 11.7. The van der Waals surface area contributed by atoms with Crippen LogP contribution in [-0.2, 0) is 0 Å². The second-order valence-electron chi connectivity index (χ2n) is 8.42.